The van der Waals surface area contributed by atoms with E-state index in [1.165, 1.54) is 7.05 Å². The van der Waals surface area contributed by atoms with Gasteiger partial charge >= 0.3 is 0 Å². The molecule has 0 atom stereocenters. The van der Waals surface area contributed by atoms with Gasteiger partial charge in [-0.25, -0.2) is 0 Å². The summed E-state index contributed by atoms with van der Waals surface area (Å²) >= 11 is 0. The molecule has 0 saturated heterocycles. The average Bonchev–Trinajstić information content (AvgIpc) is 2.80. The minimum atomic E-state index is -0.360. The van der Waals surface area contributed by atoms with Gasteiger partial charge in [-0.1, -0.05) is 12.1 Å². The number of nitrogens with zero attached hydrogens (tertiary/aromatic N) is 1. The SMILES string of the molecule is COc1cccc2cc(C(=O)N(C)C(=N)N)[nH]c12.Cl. The number of hydrogen-bond acceptors (Lipinski definition) is 3. The first-order chi connectivity index (χ1) is 8.54. The van der Waals surface area contributed by atoms with Crippen LogP contribution in [0, 0.1) is 5.41 Å². The molecule has 0 aliphatic carbocycles. The number of nitrogens with one attached hydrogen (secondary N) is 2. The van der Waals surface area contributed by atoms with Gasteiger partial charge in [0.15, 0.2) is 5.96 Å². The molecule has 0 radical (unpaired) electrons. The Bertz CT molecular complexity index is 623. The highest BCUT2D eigenvalue weighted by Gasteiger charge is 2.17. The number of H-pyrrole nitrogens is 1. The first-order valence-corrected chi connectivity index (χ1v) is 5.32. The molecule has 0 aliphatic heterocycles. The third-order valence-corrected chi connectivity index (χ3v) is 2.73. The predicted molar refractivity (Wildman–Crippen MR) is 76.1 cm³/mol. The van der Waals surface area contributed by atoms with E-state index in [-0.39, 0.29) is 24.3 Å². The van der Waals surface area contributed by atoms with Crippen LogP contribution in [0.25, 0.3) is 10.9 Å². The lowest BCUT2D eigenvalue weighted by Crippen LogP contribution is -2.38. The molecule has 0 spiro atoms. The third kappa shape index (κ3) is 2.63. The van der Waals surface area contributed by atoms with Gasteiger partial charge < -0.3 is 15.5 Å². The first-order valence-electron chi connectivity index (χ1n) is 5.32. The predicted octanol–water partition coefficient (Wildman–Crippen LogP) is 1.56. The van der Waals surface area contributed by atoms with Crippen molar-refractivity contribution in [3.8, 4) is 5.75 Å². The standard InChI is InChI=1S/C12H14N4O2.ClH/c1-16(12(13)14)11(17)8-6-7-4-3-5-9(18-2)10(7)15-8;/h3-6,15H,1-2H3,(H3,13,14);1H. The fourth-order valence-corrected chi connectivity index (χ4v) is 1.70. The largest absolute Gasteiger partial charge is 0.495 e. The molecule has 0 aliphatic rings. The van der Waals surface area contributed by atoms with Crippen molar-refractivity contribution in [2.45, 2.75) is 0 Å². The van der Waals surface area contributed by atoms with Crippen LogP contribution in [0.5, 0.6) is 5.75 Å². The first kappa shape index (κ1) is 14.8. The molecular formula is C12H15ClN4O2. The Hall–Kier alpha value is -2.21. The second-order valence-corrected chi connectivity index (χ2v) is 3.86. The molecule has 0 bridgehead atoms. The number of aromatic nitrogens is 1. The van der Waals surface area contributed by atoms with Gasteiger partial charge in [-0.3, -0.25) is 15.1 Å². The van der Waals surface area contributed by atoms with Crippen molar-refractivity contribution in [1.82, 2.24) is 9.88 Å². The van der Waals surface area contributed by atoms with Crippen molar-refractivity contribution in [2.75, 3.05) is 14.2 Å². The van der Waals surface area contributed by atoms with Gasteiger partial charge in [-0.05, 0) is 12.1 Å². The van der Waals surface area contributed by atoms with Crippen LogP contribution in [-0.2, 0) is 0 Å². The number of ether oxygens (including phenoxy) is 1. The minimum absolute atomic E-state index is 0. The van der Waals surface area contributed by atoms with Gasteiger partial charge in [0.05, 0.1) is 12.6 Å². The van der Waals surface area contributed by atoms with Crippen molar-refractivity contribution in [3.05, 3.63) is 30.0 Å². The molecule has 102 valence electrons. The summed E-state index contributed by atoms with van der Waals surface area (Å²) in [7, 11) is 3.02. The normalized spacial score (nSPS) is 9.79. The molecule has 6 nitrogen and oxygen atoms in total. The van der Waals surface area contributed by atoms with Gasteiger partial charge in [-0.2, -0.15) is 0 Å². The summed E-state index contributed by atoms with van der Waals surface area (Å²) in [5, 5.41) is 8.11. The van der Waals surface area contributed by atoms with E-state index in [4.69, 9.17) is 15.9 Å². The zero-order chi connectivity index (χ0) is 13.3. The summed E-state index contributed by atoms with van der Waals surface area (Å²) < 4.78 is 5.21. The molecule has 0 unspecified atom stereocenters. The highest BCUT2D eigenvalue weighted by atomic mass is 35.5. The van der Waals surface area contributed by atoms with Gasteiger partial charge in [0, 0.05) is 12.4 Å². The monoisotopic (exact) mass is 282 g/mol. The Kier molecular flexibility index (Phi) is 4.39. The number of para-hydroxylation sites is 1. The highest BCUT2D eigenvalue weighted by molar-refractivity contribution is 6.06. The highest BCUT2D eigenvalue weighted by Crippen LogP contribution is 2.25. The number of halogens is 1. The van der Waals surface area contributed by atoms with E-state index in [0.29, 0.717) is 11.4 Å². The Morgan fingerprint density at radius 3 is 2.74 bits per heavy atom. The van der Waals surface area contributed by atoms with Gasteiger partial charge in [0.25, 0.3) is 5.91 Å². The fraction of sp³-hybridized carbons (Fsp3) is 0.167. The molecule has 1 aromatic heterocycles. The summed E-state index contributed by atoms with van der Waals surface area (Å²) in [6, 6.07) is 7.23. The van der Waals surface area contributed by atoms with Crippen LogP contribution >= 0.6 is 12.4 Å². The van der Waals surface area contributed by atoms with E-state index in [1.807, 2.05) is 18.2 Å². The number of amides is 1. The van der Waals surface area contributed by atoms with Crippen LogP contribution in [0.3, 0.4) is 0 Å². The van der Waals surface area contributed by atoms with Gasteiger partial charge in [0.2, 0.25) is 0 Å². The smallest absolute Gasteiger partial charge is 0.276 e. The third-order valence-electron chi connectivity index (χ3n) is 2.73. The number of methoxy groups -OCH3 is 1. The molecule has 7 heteroatoms. The Morgan fingerprint density at radius 2 is 2.16 bits per heavy atom. The van der Waals surface area contributed by atoms with Crippen LogP contribution < -0.4 is 10.5 Å². The van der Waals surface area contributed by atoms with E-state index < -0.39 is 0 Å². The number of carbonyl (C=O) groups excluding carboxylic acids is 1. The van der Waals surface area contributed by atoms with E-state index in [9.17, 15) is 4.79 Å². The van der Waals surface area contributed by atoms with E-state index in [1.54, 1.807) is 13.2 Å². The number of fused-ring (bicyclic) bond motifs is 1. The molecule has 1 aromatic carbocycles. The summed E-state index contributed by atoms with van der Waals surface area (Å²) in [6.07, 6.45) is 0. The lowest BCUT2D eigenvalue weighted by atomic mass is 10.2. The average molecular weight is 283 g/mol. The molecule has 1 amide bonds. The summed E-state index contributed by atoms with van der Waals surface area (Å²) in [6.45, 7) is 0. The fourth-order valence-electron chi connectivity index (χ4n) is 1.70. The number of guanidine groups is 1. The number of aromatic amines is 1. The molecular weight excluding hydrogens is 268 g/mol. The van der Waals surface area contributed by atoms with Crippen LogP contribution in [0.2, 0.25) is 0 Å². The summed E-state index contributed by atoms with van der Waals surface area (Å²) in [4.78, 5) is 16.0. The van der Waals surface area contributed by atoms with E-state index in [0.717, 1.165) is 15.8 Å². The van der Waals surface area contributed by atoms with E-state index >= 15 is 0 Å². The number of hydrogen-bond donors (Lipinski definition) is 3. The maximum atomic E-state index is 12.0. The van der Waals surface area contributed by atoms with Crippen LogP contribution in [-0.4, -0.2) is 35.9 Å². The molecule has 19 heavy (non-hydrogen) atoms. The zero-order valence-corrected chi connectivity index (χ0v) is 11.4. The lowest BCUT2D eigenvalue weighted by molar-refractivity contribution is 0.0864. The molecule has 4 N–H and O–H groups in total. The number of nitrogens with two attached hydrogens (primary N) is 1. The number of rotatable bonds is 2. The number of benzene rings is 1. The van der Waals surface area contributed by atoms with Crippen molar-refractivity contribution in [1.29, 1.82) is 5.41 Å². The van der Waals surface area contributed by atoms with Crippen LogP contribution in [0.1, 0.15) is 10.5 Å². The van der Waals surface area contributed by atoms with Crippen molar-refractivity contribution in [2.24, 2.45) is 5.73 Å². The Balaban J connectivity index is 0.00000180. The molecule has 1 heterocycles. The van der Waals surface area contributed by atoms with Gasteiger partial charge in [0.1, 0.15) is 11.4 Å². The van der Waals surface area contributed by atoms with Crippen molar-refractivity contribution in [3.63, 3.8) is 0 Å². The molecule has 0 fully saturated rings. The van der Waals surface area contributed by atoms with Crippen LogP contribution in [0.4, 0.5) is 0 Å². The maximum Gasteiger partial charge on any atom is 0.276 e. The lowest BCUT2D eigenvalue weighted by Gasteiger charge is -2.12. The summed E-state index contributed by atoms with van der Waals surface area (Å²) in [5.41, 5.74) is 6.39. The Morgan fingerprint density at radius 1 is 1.47 bits per heavy atom. The summed E-state index contributed by atoms with van der Waals surface area (Å²) in [5.74, 6) is 0.00315. The van der Waals surface area contributed by atoms with Crippen molar-refractivity contribution >= 4 is 35.2 Å². The van der Waals surface area contributed by atoms with Crippen LogP contribution in [0.15, 0.2) is 24.3 Å². The Labute approximate surface area is 116 Å². The van der Waals surface area contributed by atoms with E-state index in [2.05, 4.69) is 4.98 Å². The van der Waals surface area contributed by atoms with Crippen molar-refractivity contribution < 1.29 is 9.53 Å². The number of carbonyl (C=O) groups is 1. The molecule has 2 aromatic rings. The molecule has 0 saturated carbocycles. The second kappa shape index (κ2) is 5.62. The quantitative estimate of drug-likeness (QED) is 0.576. The topological polar surface area (TPSA) is 95.2 Å². The minimum Gasteiger partial charge on any atom is -0.495 e. The zero-order valence-electron chi connectivity index (χ0n) is 10.6. The maximum absolute atomic E-state index is 12.0. The molecule has 2 rings (SSSR count). The van der Waals surface area contributed by atoms with Gasteiger partial charge in [-0.15, -0.1) is 12.4 Å². The second-order valence-electron chi connectivity index (χ2n) is 3.86.